The fourth-order valence-electron chi connectivity index (χ4n) is 2.19. The van der Waals surface area contributed by atoms with Gasteiger partial charge in [-0.2, -0.15) is 0 Å². The number of pyridine rings is 1. The van der Waals surface area contributed by atoms with Crippen LogP contribution in [0.1, 0.15) is 17.5 Å². The smallest absolute Gasteiger partial charge is 0.212 e. The van der Waals surface area contributed by atoms with Gasteiger partial charge in [-0.1, -0.05) is 36.4 Å². The number of hydrogen-bond acceptors (Lipinski definition) is 3. The van der Waals surface area contributed by atoms with Gasteiger partial charge in [0, 0.05) is 32.4 Å². The molecule has 6 heteroatoms. The third-order valence-corrected chi connectivity index (χ3v) is 3.47. The summed E-state index contributed by atoms with van der Waals surface area (Å²) in [4.78, 5) is 8.42. The monoisotopic (exact) mass is 440 g/mol. The molecule has 0 spiro atoms. The van der Waals surface area contributed by atoms with Crippen molar-refractivity contribution in [2.75, 3.05) is 20.7 Å². The van der Waals surface area contributed by atoms with E-state index in [2.05, 4.69) is 44.9 Å². The van der Waals surface area contributed by atoms with Gasteiger partial charge in [0.2, 0.25) is 5.88 Å². The Balaban J connectivity index is 0.00000288. The zero-order valence-electron chi connectivity index (χ0n) is 14.2. The fraction of sp³-hybridized carbons (Fsp3) is 0.333. The van der Waals surface area contributed by atoms with E-state index in [-0.39, 0.29) is 24.0 Å². The van der Waals surface area contributed by atoms with Gasteiger partial charge in [0.25, 0.3) is 0 Å². The van der Waals surface area contributed by atoms with Crippen LogP contribution in [0.3, 0.4) is 0 Å². The van der Waals surface area contributed by atoms with E-state index < -0.39 is 0 Å². The summed E-state index contributed by atoms with van der Waals surface area (Å²) in [6.45, 7) is 1.56. The van der Waals surface area contributed by atoms with Crippen LogP contribution in [0, 0.1) is 0 Å². The fourth-order valence-corrected chi connectivity index (χ4v) is 2.19. The van der Waals surface area contributed by atoms with Gasteiger partial charge in [0.1, 0.15) is 0 Å². The molecule has 0 atom stereocenters. The highest BCUT2D eigenvalue weighted by molar-refractivity contribution is 14.0. The molecule has 1 heterocycles. The molecule has 0 radical (unpaired) electrons. The lowest BCUT2D eigenvalue weighted by Gasteiger charge is -2.12. The van der Waals surface area contributed by atoms with Gasteiger partial charge in [-0.05, 0) is 24.0 Å². The number of methoxy groups -OCH3 is 1. The molecule has 1 aromatic carbocycles. The van der Waals surface area contributed by atoms with Crippen molar-refractivity contribution < 1.29 is 4.74 Å². The molecule has 0 saturated carbocycles. The first-order valence-corrected chi connectivity index (χ1v) is 7.79. The molecule has 0 bridgehead atoms. The van der Waals surface area contributed by atoms with Gasteiger partial charge in [-0.25, -0.2) is 4.98 Å². The summed E-state index contributed by atoms with van der Waals surface area (Å²) in [7, 11) is 3.39. The van der Waals surface area contributed by atoms with Crippen LogP contribution in [0.25, 0.3) is 0 Å². The second-order valence-electron chi connectivity index (χ2n) is 5.15. The third-order valence-electron chi connectivity index (χ3n) is 3.47. The van der Waals surface area contributed by atoms with Gasteiger partial charge in [-0.3, -0.25) is 4.99 Å². The minimum absolute atomic E-state index is 0. The summed E-state index contributed by atoms with van der Waals surface area (Å²) in [6.07, 6.45) is 3.93. The van der Waals surface area contributed by atoms with E-state index >= 15 is 0 Å². The Bertz CT molecular complexity index is 602. The number of hydrogen-bond donors (Lipinski definition) is 2. The van der Waals surface area contributed by atoms with Crippen molar-refractivity contribution in [3.05, 3.63) is 59.8 Å². The van der Waals surface area contributed by atoms with E-state index in [1.807, 2.05) is 18.2 Å². The Morgan fingerprint density at radius 1 is 1.08 bits per heavy atom. The van der Waals surface area contributed by atoms with Crippen LogP contribution in [-0.4, -0.2) is 31.6 Å². The topological polar surface area (TPSA) is 58.5 Å². The molecule has 2 aromatic rings. The van der Waals surface area contributed by atoms with Crippen molar-refractivity contribution in [3.8, 4) is 5.88 Å². The molecule has 130 valence electrons. The van der Waals surface area contributed by atoms with Crippen molar-refractivity contribution in [3.63, 3.8) is 0 Å². The molecular formula is C18H25IN4O. The molecule has 1 aromatic heterocycles. The number of halogens is 1. The summed E-state index contributed by atoms with van der Waals surface area (Å²) >= 11 is 0. The van der Waals surface area contributed by atoms with Gasteiger partial charge in [-0.15, -0.1) is 24.0 Å². The van der Waals surface area contributed by atoms with Crippen LogP contribution in [0.15, 0.2) is 53.7 Å². The Morgan fingerprint density at radius 2 is 1.88 bits per heavy atom. The Morgan fingerprint density at radius 3 is 2.50 bits per heavy atom. The molecule has 2 N–H and O–H groups in total. The summed E-state index contributed by atoms with van der Waals surface area (Å²) in [5, 5.41) is 6.61. The minimum Gasteiger partial charge on any atom is -0.481 e. The van der Waals surface area contributed by atoms with E-state index in [1.54, 1.807) is 20.4 Å². The van der Waals surface area contributed by atoms with Crippen LogP contribution in [-0.2, 0) is 13.0 Å². The molecular weight excluding hydrogens is 415 g/mol. The number of nitrogens with one attached hydrogen (secondary N) is 2. The Kier molecular flexibility index (Phi) is 9.83. The molecule has 0 aliphatic heterocycles. The lowest BCUT2D eigenvalue weighted by molar-refractivity contribution is 0.397. The number of aliphatic imine (C=N–C) groups is 1. The predicted molar refractivity (Wildman–Crippen MR) is 109 cm³/mol. The maximum absolute atomic E-state index is 5.05. The molecule has 0 unspecified atom stereocenters. The number of benzene rings is 1. The van der Waals surface area contributed by atoms with E-state index in [0.29, 0.717) is 12.4 Å². The van der Waals surface area contributed by atoms with Crippen LogP contribution in [0.5, 0.6) is 5.88 Å². The van der Waals surface area contributed by atoms with Gasteiger partial charge in [0.15, 0.2) is 5.96 Å². The lowest BCUT2D eigenvalue weighted by Crippen LogP contribution is -2.37. The van der Waals surface area contributed by atoms with E-state index in [9.17, 15) is 0 Å². The number of nitrogens with zero attached hydrogens (tertiary/aromatic N) is 2. The van der Waals surface area contributed by atoms with E-state index in [4.69, 9.17) is 4.74 Å². The molecule has 2 rings (SSSR count). The first-order chi connectivity index (χ1) is 11.3. The minimum atomic E-state index is 0. The number of aryl methyl sites for hydroxylation is 1. The molecule has 0 aliphatic rings. The maximum Gasteiger partial charge on any atom is 0.212 e. The summed E-state index contributed by atoms with van der Waals surface area (Å²) in [6, 6.07) is 14.3. The van der Waals surface area contributed by atoms with Crippen molar-refractivity contribution >= 4 is 29.9 Å². The average Bonchev–Trinajstić information content (AvgIpc) is 2.62. The summed E-state index contributed by atoms with van der Waals surface area (Å²) < 4.78 is 5.05. The zero-order chi connectivity index (χ0) is 16.3. The highest BCUT2D eigenvalue weighted by atomic mass is 127. The maximum atomic E-state index is 5.05. The van der Waals surface area contributed by atoms with Crippen LogP contribution in [0.2, 0.25) is 0 Å². The van der Waals surface area contributed by atoms with Crippen molar-refractivity contribution in [2.24, 2.45) is 4.99 Å². The molecule has 0 aliphatic carbocycles. The third kappa shape index (κ3) is 7.16. The zero-order valence-corrected chi connectivity index (χ0v) is 16.5. The second-order valence-corrected chi connectivity index (χ2v) is 5.15. The number of ether oxygens (including phenoxy) is 1. The summed E-state index contributed by atoms with van der Waals surface area (Å²) in [5.74, 6) is 1.42. The van der Waals surface area contributed by atoms with Crippen molar-refractivity contribution in [1.82, 2.24) is 15.6 Å². The van der Waals surface area contributed by atoms with E-state index in [0.717, 1.165) is 30.9 Å². The number of guanidine groups is 1. The lowest BCUT2D eigenvalue weighted by atomic mass is 10.1. The van der Waals surface area contributed by atoms with Gasteiger partial charge >= 0.3 is 0 Å². The molecule has 0 amide bonds. The van der Waals surface area contributed by atoms with Crippen molar-refractivity contribution in [1.29, 1.82) is 0 Å². The molecule has 0 fully saturated rings. The van der Waals surface area contributed by atoms with Gasteiger partial charge < -0.3 is 15.4 Å². The second kappa shape index (κ2) is 11.7. The molecule has 5 nitrogen and oxygen atoms in total. The highest BCUT2D eigenvalue weighted by Gasteiger charge is 2.00. The highest BCUT2D eigenvalue weighted by Crippen LogP contribution is 2.06. The summed E-state index contributed by atoms with van der Waals surface area (Å²) in [5.41, 5.74) is 2.44. The Labute approximate surface area is 161 Å². The van der Waals surface area contributed by atoms with Crippen LogP contribution < -0.4 is 15.4 Å². The standard InChI is InChI=1S/C18H24N4O.HI/c1-19-18(20-12-6-9-15-7-4-3-5-8-15)22-14-16-10-11-17(23-2)21-13-16;/h3-5,7-8,10-11,13H,6,9,12,14H2,1-2H3,(H2,19,20,22);1H. The predicted octanol–water partition coefficient (Wildman–Crippen LogP) is 3.01. The number of aromatic nitrogens is 1. The quantitative estimate of drug-likeness (QED) is 0.301. The van der Waals surface area contributed by atoms with E-state index in [1.165, 1.54) is 5.56 Å². The average molecular weight is 440 g/mol. The molecule has 0 saturated heterocycles. The number of rotatable bonds is 7. The first-order valence-electron chi connectivity index (χ1n) is 7.79. The largest absolute Gasteiger partial charge is 0.481 e. The van der Waals surface area contributed by atoms with Gasteiger partial charge in [0.05, 0.1) is 7.11 Å². The normalized spacial score (nSPS) is 10.7. The Hall–Kier alpha value is -1.83. The van der Waals surface area contributed by atoms with Crippen molar-refractivity contribution in [2.45, 2.75) is 19.4 Å². The SMILES string of the molecule is CN=C(NCCCc1ccccc1)NCc1ccc(OC)nc1.I. The van der Waals surface area contributed by atoms with Crippen LogP contribution in [0.4, 0.5) is 0 Å². The molecule has 24 heavy (non-hydrogen) atoms. The first kappa shape index (κ1) is 20.2. The van der Waals surface area contributed by atoms with Crippen LogP contribution >= 0.6 is 24.0 Å².